The highest BCUT2D eigenvalue weighted by molar-refractivity contribution is 9.10. The van der Waals surface area contributed by atoms with Crippen LogP contribution in [-0.2, 0) is 4.79 Å². The summed E-state index contributed by atoms with van der Waals surface area (Å²) in [4.78, 5) is 11.5. The van der Waals surface area contributed by atoms with Gasteiger partial charge in [0.05, 0.1) is 0 Å². The first-order valence-corrected chi connectivity index (χ1v) is 6.43. The Kier molecular flexibility index (Phi) is 3.74. The van der Waals surface area contributed by atoms with Crippen LogP contribution in [0.2, 0.25) is 0 Å². The number of rotatable bonds is 1. The first-order chi connectivity index (χ1) is 7.66. The highest BCUT2D eigenvalue weighted by Crippen LogP contribution is 2.32. The molecule has 1 saturated carbocycles. The summed E-state index contributed by atoms with van der Waals surface area (Å²) in [5, 5.41) is 0. The highest BCUT2D eigenvalue weighted by Gasteiger charge is 2.21. The number of carbonyl (C=O) groups is 1. The van der Waals surface area contributed by atoms with Crippen molar-refractivity contribution in [2.75, 3.05) is 0 Å². The lowest BCUT2D eigenvalue weighted by Gasteiger charge is -2.14. The van der Waals surface area contributed by atoms with Crippen LogP contribution >= 0.6 is 15.9 Å². The molecule has 0 N–H and O–H groups in total. The Morgan fingerprint density at radius 3 is 2.94 bits per heavy atom. The first kappa shape index (κ1) is 11.8. The SMILES string of the molecule is O=C1CCCCC(c2cc(Br)ccc2F)C1. The van der Waals surface area contributed by atoms with Gasteiger partial charge in [-0.3, -0.25) is 4.79 Å². The molecule has 1 nitrogen and oxygen atoms in total. The van der Waals surface area contributed by atoms with Gasteiger partial charge in [0.15, 0.2) is 0 Å². The monoisotopic (exact) mass is 284 g/mol. The third kappa shape index (κ3) is 2.70. The summed E-state index contributed by atoms with van der Waals surface area (Å²) >= 11 is 3.35. The second kappa shape index (κ2) is 5.09. The number of hydrogen-bond donors (Lipinski definition) is 0. The lowest BCUT2D eigenvalue weighted by atomic mass is 9.91. The Labute approximate surface area is 103 Å². The number of hydrogen-bond acceptors (Lipinski definition) is 1. The fourth-order valence-electron chi connectivity index (χ4n) is 2.28. The molecule has 0 aliphatic heterocycles. The number of benzene rings is 1. The van der Waals surface area contributed by atoms with Crippen LogP contribution in [0.15, 0.2) is 22.7 Å². The fourth-order valence-corrected chi connectivity index (χ4v) is 2.66. The Balaban J connectivity index is 2.27. The summed E-state index contributed by atoms with van der Waals surface area (Å²) in [5.74, 6) is 0.136. The molecule has 0 saturated heterocycles. The Hall–Kier alpha value is -0.700. The zero-order chi connectivity index (χ0) is 11.5. The molecule has 0 amide bonds. The molecule has 1 fully saturated rings. The average molecular weight is 285 g/mol. The molecular weight excluding hydrogens is 271 g/mol. The molecule has 1 atom stereocenters. The number of halogens is 2. The molecule has 0 aromatic heterocycles. The summed E-state index contributed by atoms with van der Waals surface area (Å²) in [6.07, 6.45) is 4.03. The topological polar surface area (TPSA) is 17.1 Å². The molecular formula is C13H14BrFO. The van der Waals surface area contributed by atoms with Gasteiger partial charge in [-0.15, -0.1) is 0 Å². The molecule has 86 valence electrons. The minimum absolute atomic E-state index is 0.0625. The van der Waals surface area contributed by atoms with Crippen molar-refractivity contribution in [1.29, 1.82) is 0 Å². The van der Waals surface area contributed by atoms with E-state index in [1.54, 1.807) is 12.1 Å². The van der Waals surface area contributed by atoms with Gasteiger partial charge in [-0.1, -0.05) is 22.4 Å². The summed E-state index contributed by atoms with van der Waals surface area (Å²) < 4.78 is 14.6. The number of Topliss-reactive ketones (excluding diaryl/α,β-unsaturated/α-hetero) is 1. The average Bonchev–Trinajstić information content (AvgIpc) is 2.46. The zero-order valence-electron chi connectivity index (χ0n) is 9.01. The van der Waals surface area contributed by atoms with Crippen molar-refractivity contribution in [1.82, 2.24) is 0 Å². The molecule has 1 aliphatic carbocycles. The van der Waals surface area contributed by atoms with Crippen LogP contribution in [0, 0.1) is 5.82 Å². The van der Waals surface area contributed by atoms with Crippen molar-refractivity contribution in [2.45, 2.75) is 38.0 Å². The number of carbonyl (C=O) groups excluding carboxylic acids is 1. The molecule has 0 bridgehead atoms. The molecule has 2 rings (SSSR count). The second-order valence-electron chi connectivity index (χ2n) is 4.35. The van der Waals surface area contributed by atoms with Gasteiger partial charge in [0.1, 0.15) is 11.6 Å². The van der Waals surface area contributed by atoms with Crippen LogP contribution in [0.5, 0.6) is 0 Å². The first-order valence-electron chi connectivity index (χ1n) is 5.63. The molecule has 1 aliphatic rings. The van der Waals surface area contributed by atoms with Gasteiger partial charge in [-0.25, -0.2) is 4.39 Å². The van der Waals surface area contributed by atoms with Gasteiger partial charge in [0.2, 0.25) is 0 Å². The number of ketones is 1. The van der Waals surface area contributed by atoms with E-state index in [1.807, 2.05) is 0 Å². The molecule has 0 spiro atoms. The summed E-state index contributed by atoms with van der Waals surface area (Å²) in [5.41, 5.74) is 0.685. The Bertz CT molecular complexity index is 403. The van der Waals surface area contributed by atoms with Crippen LogP contribution < -0.4 is 0 Å². The maximum atomic E-state index is 13.7. The predicted molar refractivity (Wildman–Crippen MR) is 64.9 cm³/mol. The molecule has 3 heteroatoms. The third-order valence-corrected chi connectivity index (χ3v) is 3.62. The van der Waals surface area contributed by atoms with Crippen molar-refractivity contribution in [3.63, 3.8) is 0 Å². The fraction of sp³-hybridized carbons (Fsp3) is 0.462. The van der Waals surface area contributed by atoms with Crippen molar-refractivity contribution in [3.8, 4) is 0 Å². The van der Waals surface area contributed by atoms with Crippen LogP contribution in [0.4, 0.5) is 4.39 Å². The van der Waals surface area contributed by atoms with E-state index in [9.17, 15) is 9.18 Å². The van der Waals surface area contributed by atoms with Crippen LogP contribution in [0.1, 0.15) is 43.6 Å². The summed E-state index contributed by atoms with van der Waals surface area (Å²) in [6, 6.07) is 4.96. The molecule has 1 aromatic rings. The Morgan fingerprint density at radius 1 is 1.31 bits per heavy atom. The second-order valence-corrected chi connectivity index (χ2v) is 5.27. The van der Waals surface area contributed by atoms with Gasteiger partial charge in [-0.05, 0) is 42.5 Å². The van der Waals surface area contributed by atoms with Crippen molar-refractivity contribution in [2.24, 2.45) is 0 Å². The lowest BCUT2D eigenvalue weighted by Crippen LogP contribution is -2.05. The molecule has 16 heavy (non-hydrogen) atoms. The maximum Gasteiger partial charge on any atom is 0.133 e. The van der Waals surface area contributed by atoms with Gasteiger partial charge in [-0.2, -0.15) is 0 Å². The van der Waals surface area contributed by atoms with Gasteiger partial charge in [0.25, 0.3) is 0 Å². The zero-order valence-corrected chi connectivity index (χ0v) is 10.6. The van der Waals surface area contributed by atoms with E-state index in [1.165, 1.54) is 6.07 Å². The standard InChI is InChI=1S/C13H14BrFO/c14-10-5-6-13(15)12(8-10)9-3-1-2-4-11(16)7-9/h5-6,8-9H,1-4,7H2. The van der Waals surface area contributed by atoms with Crippen LogP contribution in [0.3, 0.4) is 0 Å². The van der Waals surface area contributed by atoms with Gasteiger partial charge < -0.3 is 0 Å². The quantitative estimate of drug-likeness (QED) is 0.706. The van der Waals surface area contributed by atoms with E-state index in [2.05, 4.69) is 15.9 Å². The van der Waals surface area contributed by atoms with E-state index in [4.69, 9.17) is 0 Å². The molecule has 1 aromatic carbocycles. The van der Waals surface area contributed by atoms with E-state index in [0.29, 0.717) is 18.4 Å². The van der Waals surface area contributed by atoms with Crippen molar-refractivity contribution in [3.05, 3.63) is 34.1 Å². The third-order valence-electron chi connectivity index (χ3n) is 3.13. The summed E-state index contributed by atoms with van der Waals surface area (Å²) in [6.45, 7) is 0. The van der Waals surface area contributed by atoms with E-state index in [-0.39, 0.29) is 17.5 Å². The minimum Gasteiger partial charge on any atom is -0.300 e. The van der Waals surface area contributed by atoms with Crippen LogP contribution in [-0.4, -0.2) is 5.78 Å². The van der Waals surface area contributed by atoms with Crippen molar-refractivity contribution < 1.29 is 9.18 Å². The van der Waals surface area contributed by atoms with Crippen LogP contribution in [0.25, 0.3) is 0 Å². The van der Waals surface area contributed by atoms with E-state index in [0.717, 1.165) is 23.7 Å². The molecule has 1 unspecified atom stereocenters. The van der Waals surface area contributed by atoms with Gasteiger partial charge in [0, 0.05) is 17.3 Å². The summed E-state index contributed by atoms with van der Waals surface area (Å²) in [7, 11) is 0. The van der Waals surface area contributed by atoms with E-state index < -0.39 is 0 Å². The van der Waals surface area contributed by atoms with Gasteiger partial charge >= 0.3 is 0 Å². The largest absolute Gasteiger partial charge is 0.300 e. The van der Waals surface area contributed by atoms with Crippen molar-refractivity contribution >= 4 is 21.7 Å². The molecule has 0 radical (unpaired) electrons. The lowest BCUT2D eigenvalue weighted by molar-refractivity contribution is -0.119. The minimum atomic E-state index is -0.192. The smallest absolute Gasteiger partial charge is 0.133 e. The van der Waals surface area contributed by atoms with E-state index >= 15 is 0 Å². The predicted octanol–water partition coefficient (Wildman–Crippen LogP) is 4.21. The maximum absolute atomic E-state index is 13.7. The molecule has 0 heterocycles. The Morgan fingerprint density at radius 2 is 2.12 bits per heavy atom. The highest BCUT2D eigenvalue weighted by atomic mass is 79.9. The normalized spacial score (nSPS) is 21.9.